The number of hydrogen-bond acceptors (Lipinski definition) is 3. The molecule has 0 radical (unpaired) electrons. The van der Waals surface area contributed by atoms with E-state index >= 15 is 0 Å². The quantitative estimate of drug-likeness (QED) is 0.807. The fourth-order valence-corrected chi connectivity index (χ4v) is 2.72. The van der Waals surface area contributed by atoms with Gasteiger partial charge in [0.1, 0.15) is 5.75 Å². The van der Waals surface area contributed by atoms with Crippen molar-refractivity contribution in [2.75, 3.05) is 6.61 Å². The molecule has 116 valence electrons. The van der Waals surface area contributed by atoms with Crippen LogP contribution >= 0.6 is 23.2 Å². The number of aliphatic hydroxyl groups is 1. The molecule has 1 aromatic rings. The molecule has 0 saturated heterocycles. The van der Waals surface area contributed by atoms with Crippen LogP contribution in [-0.2, 0) is 4.79 Å². The first-order chi connectivity index (χ1) is 9.99. The highest BCUT2D eigenvalue weighted by molar-refractivity contribution is 6.34. The largest absolute Gasteiger partial charge is 0.481 e. The summed E-state index contributed by atoms with van der Waals surface area (Å²) in [6, 6.07) is 4.86. The van der Waals surface area contributed by atoms with Gasteiger partial charge in [-0.15, -0.1) is 0 Å². The minimum atomic E-state index is -0.653. The topological polar surface area (TPSA) is 58.6 Å². The predicted octanol–water partition coefficient (Wildman–Crippen LogP) is 3.04. The second-order valence-corrected chi connectivity index (χ2v) is 6.20. The van der Waals surface area contributed by atoms with Gasteiger partial charge in [0.25, 0.3) is 5.91 Å². The Kier molecular flexibility index (Phi) is 5.73. The SMILES string of the molecule is CC(Oc1cc(Cl)cc(Cl)c1)C(=O)NC(CCO)C1CC1. The molecule has 1 saturated carbocycles. The van der Waals surface area contributed by atoms with Gasteiger partial charge < -0.3 is 15.2 Å². The summed E-state index contributed by atoms with van der Waals surface area (Å²) in [7, 11) is 0. The van der Waals surface area contributed by atoms with Crippen molar-refractivity contribution in [2.45, 2.75) is 38.3 Å². The van der Waals surface area contributed by atoms with E-state index in [9.17, 15) is 4.79 Å². The van der Waals surface area contributed by atoms with Gasteiger partial charge in [0, 0.05) is 22.7 Å². The van der Waals surface area contributed by atoms with Crippen molar-refractivity contribution in [2.24, 2.45) is 5.92 Å². The van der Waals surface area contributed by atoms with Crippen LogP contribution in [0.4, 0.5) is 0 Å². The summed E-state index contributed by atoms with van der Waals surface area (Å²) in [6.07, 6.45) is 2.12. The standard InChI is InChI=1S/C15H19Cl2NO3/c1-9(21-13-7-11(16)6-12(17)8-13)15(20)18-14(4-5-19)10-2-3-10/h6-10,14,19H,2-5H2,1H3,(H,18,20). The zero-order chi connectivity index (χ0) is 15.4. The summed E-state index contributed by atoms with van der Waals surface area (Å²) in [5.74, 6) is 0.741. The van der Waals surface area contributed by atoms with Crippen molar-refractivity contribution >= 4 is 29.1 Å². The maximum atomic E-state index is 12.2. The smallest absolute Gasteiger partial charge is 0.261 e. The average Bonchev–Trinajstić information content (AvgIpc) is 3.20. The number of carbonyl (C=O) groups excluding carboxylic acids is 1. The molecule has 1 amide bonds. The fraction of sp³-hybridized carbons (Fsp3) is 0.533. The summed E-state index contributed by atoms with van der Waals surface area (Å²) >= 11 is 11.8. The number of carbonyl (C=O) groups is 1. The van der Waals surface area contributed by atoms with Gasteiger partial charge in [0.15, 0.2) is 6.10 Å². The number of aliphatic hydroxyl groups excluding tert-OH is 1. The molecule has 0 spiro atoms. The van der Waals surface area contributed by atoms with Crippen molar-refractivity contribution in [3.8, 4) is 5.75 Å². The molecule has 2 N–H and O–H groups in total. The molecule has 6 heteroatoms. The monoisotopic (exact) mass is 331 g/mol. The van der Waals surface area contributed by atoms with Gasteiger partial charge in [0.2, 0.25) is 0 Å². The highest BCUT2D eigenvalue weighted by atomic mass is 35.5. The van der Waals surface area contributed by atoms with Crippen LogP contribution in [0.15, 0.2) is 18.2 Å². The number of amides is 1. The maximum Gasteiger partial charge on any atom is 0.261 e. The van der Waals surface area contributed by atoms with Gasteiger partial charge in [0.05, 0.1) is 0 Å². The normalized spacial score (nSPS) is 17.1. The van der Waals surface area contributed by atoms with Crippen LogP contribution in [-0.4, -0.2) is 29.8 Å². The molecular weight excluding hydrogens is 313 g/mol. The Morgan fingerprint density at radius 1 is 1.38 bits per heavy atom. The van der Waals surface area contributed by atoms with Crippen LogP contribution in [0.2, 0.25) is 10.0 Å². The summed E-state index contributed by atoms with van der Waals surface area (Å²) in [5.41, 5.74) is 0. The molecule has 1 aliphatic rings. The number of hydrogen-bond donors (Lipinski definition) is 2. The molecule has 1 fully saturated rings. The zero-order valence-electron chi connectivity index (χ0n) is 11.8. The van der Waals surface area contributed by atoms with Crippen LogP contribution < -0.4 is 10.1 Å². The Balaban J connectivity index is 1.92. The summed E-state index contributed by atoms with van der Waals surface area (Å²) in [5, 5.41) is 12.9. The van der Waals surface area contributed by atoms with E-state index in [0.717, 1.165) is 12.8 Å². The Morgan fingerprint density at radius 2 is 2.00 bits per heavy atom. The van der Waals surface area contributed by atoms with Gasteiger partial charge in [-0.25, -0.2) is 0 Å². The van der Waals surface area contributed by atoms with E-state index in [4.69, 9.17) is 33.0 Å². The van der Waals surface area contributed by atoms with Crippen molar-refractivity contribution < 1.29 is 14.6 Å². The van der Waals surface area contributed by atoms with Crippen LogP contribution in [0.5, 0.6) is 5.75 Å². The molecule has 2 rings (SSSR count). The Labute approximate surface area is 134 Å². The lowest BCUT2D eigenvalue weighted by atomic mass is 10.1. The third-order valence-electron chi connectivity index (χ3n) is 3.48. The second-order valence-electron chi connectivity index (χ2n) is 5.33. The van der Waals surface area contributed by atoms with Gasteiger partial charge in [-0.05, 0) is 50.3 Å². The lowest BCUT2D eigenvalue weighted by molar-refractivity contribution is -0.128. The minimum Gasteiger partial charge on any atom is -0.481 e. The molecule has 0 heterocycles. The lowest BCUT2D eigenvalue weighted by Crippen LogP contribution is -2.44. The summed E-state index contributed by atoms with van der Waals surface area (Å²) in [4.78, 5) is 12.2. The molecule has 0 aliphatic heterocycles. The van der Waals surface area contributed by atoms with Crippen molar-refractivity contribution in [3.05, 3.63) is 28.2 Å². The van der Waals surface area contributed by atoms with E-state index in [1.54, 1.807) is 25.1 Å². The van der Waals surface area contributed by atoms with Gasteiger partial charge in [-0.2, -0.15) is 0 Å². The van der Waals surface area contributed by atoms with E-state index in [1.807, 2.05) is 0 Å². The van der Waals surface area contributed by atoms with Gasteiger partial charge in [-0.1, -0.05) is 23.2 Å². The number of nitrogens with one attached hydrogen (secondary N) is 1. The number of rotatable bonds is 7. The summed E-state index contributed by atoms with van der Waals surface area (Å²) < 4.78 is 5.57. The zero-order valence-corrected chi connectivity index (χ0v) is 13.3. The van der Waals surface area contributed by atoms with Gasteiger partial charge in [-0.3, -0.25) is 4.79 Å². The molecule has 0 aromatic heterocycles. The van der Waals surface area contributed by atoms with E-state index < -0.39 is 6.10 Å². The van der Waals surface area contributed by atoms with Crippen molar-refractivity contribution in [1.29, 1.82) is 0 Å². The number of ether oxygens (including phenoxy) is 1. The first kappa shape index (κ1) is 16.4. The van der Waals surface area contributed by atoms with Crippen LogP contribution in [0, 0.1) is 5.92 Å². The molecule has 1 aromatic carbocycles. The molecule has 1 aliphatic carbocycles. The van der Waals surface area contributed by atoms with Crippen molar-refractivity contribution in [3.63, 3.8) is 0 Å². The van der Waals surface area contributed by atoms with Crippen LogP contribution in [0.3, 0.4) is 0 Å². The third kappa shape index (κ3) is 5.06. The average molecular weight is 332 g/mol. The van der Waals surface area contributed by atoms with E-state index in [0.29, 0.717) is 28.1 Å². The molecule has 2 atom stereocenters. The second kappa shape index (κ2) is 7.34. The molecule has 2 unspecified atom stereocenters. The Bertz CT molecular complexity index is 485. The molecular formula is C15H19Cl2NO3. The van der Waals surface area contributed by atoms with Crippen LogP contribution in [0.1, 0.15) is 26.2 Å². The summed E-state index contributed by atoms with van der Waals surface area (Å²) in [6.45, 7) is 1.74. The Morgan fingerprint density at radius 3 is 2.52 bits per heavy atom. The first-order valence-corrected chi connectivity index (χ1v) is 7.79. The molecule has 4 nitrogen and oxygen atoms in total. The van der Waals surface area contributed by atoms with E-state index in [1.165, 1.54) is 0 Å². The highest BCUT2D eigenvalue weighted by Gasteiger charge is 2.32. The lowest BCUT2D eigenvalue weighted by Gasteiger charge is -2.21. The number of benzene rings is 1. The predicted molar refractivity (Wildman–Crippen MR) is 82.9 cm³/mol. The maximum absolute atomic E-state index is 12.2. The van der Waals surface area contributed by atoms with Crippen LogP contribution in [0.25, 0.3) is 0 Å². The Hall–Kier alpha value is -0.970. The van der Waals surface area contributed by atoms with E-state index in [-0.39, 0.29) is 18.6 Å². The third-order valence-corrected chi connectivity index (χ3v) is 3.91. The van der Waals surface area contributed by atoms with E-state index in [2.05, 4.69) is 5.32 Å². The minimum absolute atomic E-state index is 0.0245. The fourth-order valence-electron chi connectivity index (χ4n) is 2.22. The van der Waals surface area contributed by atoms with Crippen molar-refractivity contribution in [1.82, 2.24) is 5.32 Å². The first-order valence-electron chi connectivity index (χ1n) is 7.03. The number of halogens is 2. The van der Waals surface area contributed by atoms with Gasteiger partial charge >= 0.3 is 0 Å². The molecule has 0 bridgehead atoms. The molecule has 21 heavy (non-hydrogen) atoms. The highest BCUT2D eigenvalue weighted by Crippen LogP contribution is 2.34.